The number of carbonyl (C=O) groups is 2. The van der Waals surface area contributed by atoms with Crippen LogP contribution in [-0.4, -0.2) is 18.4 Å². The van der Waals surface area contributed by atoms with E-state index in [1.165, 1.54) is 19.1 Å². The molecule has 0 fully saturated rings. The van der Waals surface area contributed by atoms with Crippen molar-refractivity contribution >= 4 is 33.4 Å². The molecular formula is C12H9BrFLiO4. The van der Waals surface area contributed by atoms with Gasteiger partial charge in [0.25, 0.3) is 5.78 Å². The quantitative estimate of drug-likeness (QED) is 0.221. The van der Waals surface area contributed by atoms with E-state index >= 15 is 0 Å². The summed E-state index contributed by atoms with van der Waals surface area (Å²) in [5.41, 5.74) is -0.0282. The molecule has 0 aliphatic carbocycles. The summed E-state index contributed by atoms with van der Waals surface area (Å²) in [5.74, 6) is -3.55. The molecule has 0 N–H and O–H groups in total. The topological polar surface area (TPSA) is 66.4 Å². The predicted molar refractivity (Wildman–Crippen MR) is 63.7 cm³/mol. The predicted octanol–water partition coefficient (Wildman–Crippen LogP) is -1.57. The van der Waals surface area contributed by atoms with E-state index in [1.807, 2.05) is 0 Å². The van der Waals surface area contributed by atoms with E-state index in [-0.39, 0.29) is 31.0 Å². The third kappa shape index (κ3) is 5.60. The molecule has 1 aromatic carbocycles. The molecule has 0 atom stereocenters. The van der Waals surface area contributed by atoms with Gasteiger partial charge in [-0.3, -0.25) is 4.79 Å². The molecule has 96 valence electrons. The van der Waals surface area contributed by atoms with Gasteiger partial charge in [0.05, 0.1) is 6.61 Å². The molecule has 1 rings (SSSR count). The third-order valence-electron chi connectivity index (χ3n) is 1.89. The number of ketones is 1. The first-order valence-corrected chi connectivity index (χ1v) is 5.79. The van der Waals surface area contributed by atoms with Crippen molar-refractivity contribution in [1.29, 1.82) is 0 Å². The smallest absolute Gasteiger partial charge is 0.872 e. The van der Waals surface area contributed by atoms with E-state index in [4.69, 9.17) is 0 Å². The molecule has 0 aromatic heterocycles. The minimum Gasteiger partial charge on any atom is -0.872 e. The van der Waals surface area contributed by atoms with Crippen molar-refractivity contribution in [3.05, 3.63) is 40.1 Å². The van der Waals surface area contributed by atoms with Crippen LogP contribution in [0.5, 0.6) is 0 Å². The van der Waals surface area contributed by atoms with Gasteiger partial charge in [-0.2, -0.15) is 0 Å². The van der Waals surface area contributed by atoms with Crippen LogP contribution >= 0.6 is 15.9 Å². The molecule has 0 heterocycles. The number of halogens is 2. The monoisotopic (exact) mass is 322 g/mol. The number of hydrogen-bond acceptors (Lipinski definition) is 4. The average Bonchev–Trinajstić information content (AvgIpc) is 2.27. The summed E-state index contributed by atoms with van der Waals surface area (Å²) in [5, 5.41) is 11.6. The Morgan fingerprint density at radius 2 is 2.05 bits per heavy atom. The molecule has 0 saturated carbocycles. The SMILES string of the molecule is CCOC(=O)C(=O)/C=C(/[O-])c1cc(F)cc(Br)c1.[Li+]. The summed E-state index contributed by atoms with van der Waals surface area (Å²) in [7, 11) is 0. The van der Waals surface area contributed by atoms with Crippen molar-refractivity contribution in [2.24, 2.45) is 0 Å². The Morgan fingerprint density at radius 3 is 2.58 bits per heavy atom. The Balaban J connectivity index is 0.00000324. The summed E-state index contributed by atoms with van der Waals surface area (Å²) in [6.45, 7) is 1.58. The normalized spacial score (nSPS) is 10.6. The second-order valence-corrected chi connectivity index (χ2v) is 4.17. The summed E-state index contributed by atoms with van der Waals surface area (Å²) in [4.78, 5) is 22.2. The molecule has 0 radical (unpaired) electrons. The number of ether oxygens (including phenoxy) is 1. The second kappa shape index (κ2) is 8.15. The number of hydrogen-bond donors (Lipinski definition) is 0. The van der Waals surface area contributed by atoms with Crippen LogP contribution < -0.4 is 24.0 Å². The van der Waals surface area contributed by atoms with Crippen molar-refractivity contribution in [2.75, 3.05) is 6.61 Å². The number of esters is 1. The van der Waals surface area contributed by atoms with Gasteiger partial charge in [-0.15, -0.1) is 0 Å². The Labute approximate surface area is 129 Å². The standard InChI is InChI=1S/C12H10BrFO4.Li/c1-2-18-12(17)11(16)6-10(15)7-3-8(13)5-9(14)4-7;/h3-6,15H,2H2,1H3;/q;+1/p-1/b10-6+;. The summed E-state index contributed by atoms with van der Waals surface area (Å²) < 4.78 is 17.8. The van der Waals surface area contributed by atoms with Crippen molar-refractivity contribution < 1.29 is 42.7 Å². The van der Waals surface area contributed by atoms with Gasteiger partial charge in [-0.1, -0.05) is 21.7 Å². The maximum absolute atomic E-state index is 13.0. The van der Waals surface area contributed by atoms with Gasteiger partial charge in [0.15, 0.2) is 0 Å². The van der Waals surface area contributed by atoms with E-state index in [1.54, 1.807) is 0 Å². The van der Waals surface area contributed by atoms with E-state index < -0.39 is 23.3 Å². The fourth-order valence-corrected chi connectivity index (χ4v) is 1.62. The van der Waals surface area contributed by atoms with Gasteiger partial charge in [0.1, 0.15) is 5.82 Å². The van der Waals surface area contributed by atoms with Gasteiger partial charge in [-0.05, 0) is 36.8 Å². The molecule has 7 heteroatoms. The maximum atomic E-state index is 13.0. The number of benzene rings is 1. The van der Waals surface area contributed by atoms with Gasteiger partial charge in [0.2, 0.25) is 0 Å². The third-order valence-corrected chi connectivity index (χ3v) is 2.34. The van der Waals surface area contributed by atoms with Crippen LogP contribution in [0, 0.1) is 5.82 Å². The van der Waals surface area contributed by atoms with Gasteiger partial charge in [-0.25, -0.2) is 9.18 Å². The average molecular weight is 323 g/mol. The van der Waals surface area contributed by atoms with Gasteiger partial charge in [0, 0.05) is 4.47 Å². The minimum absolute atomic E-state index is 0. The molecule has 19 heavy (non-hydrogen) atoms. The maximum Gasteiger partial charge on any atom is 1.00 e. The first-order chi connectivity index (χ1) is 8.43. The first kappa shape index (κ1) is 17.9. The zero-order chi connectivity index (χ0) is 13.7. The Kier molecular flexibility index (Phi) is 7.68. The van der Waals surface area contributed by atoms with Crippen LogP contribution in [0.1, 0.15) is 12.5 Å². The first-order valence-electron chi connectivity index (χ1n) is 5.00. The van der Waals surface area contributed by atoms with Crippen LogP contribution in [0.4, 0.5) is 4.39 Å². The molecule has 0 aliphatic heterocycles. The fourth-order valence-electron chi connectivity index (χ4n) is 1.16. The van der Waals surface area contributed by atoms with E-state index in [9.17, 15) is 19.1 Å². The van der Waals surface area contributed by atoms with Gasteiger partial charge < -0.3 is 9.84 Å². The van der Waals surface area contributed by atoms with Crippen molar-refractivity contribution in [3.63, 3.8) is 0 Å². The molecule has 0 aliphatic rings. The van der Waals surface area contributed by atoms with E-state index in [2.05, 4.69) is 20.7 Å². The van der Waals surface area contributed by atoms with Crippen molar-refractivity contribution in [3.8, 4) is 0 Å². The molecule has 1 aromatic rings. The van der Waals surface area contributed by atoms with Crippen molar-refractivity contribution in [1.82, 2.24) is 0 Å². The fraction of sp³-hybridized carbons (Fsp3) is 0.167. The molecule has 0 saturated heterocycles. The molecule has 0 bridgehead atoms. The zero-order valence-corrected chi connectivity index (χ0v) is 12.0. The summed E-state index contributed by atoms with van der Waals surface area (Å²) in [6.07, 6.45) is 0.583. The molecule has 0 spiro atoms. The Morgan fingerprint density at radius 1 is 1.42 bits per heavy atom. The van der Waals surface area contributed by atoms with Crippen molar-refractivity contribution in [2.45, 2.75) is 6.92 Å². The van der Waals surface area contributed by atoms with Crippen LogP contribution in [0.3, 0.4) is 0 Å². The summed E-state index contributed by atoms with van der Waals surface area (Å²) in [6, 6.07) is 3.49. The van der Waals surface area contributed by atoms with Crippen LogP contribution in [0.2, 0.25) is 0 Å². The van der Waals surface area contributed by atoms with E-state index in [0.717, 1.165) is 6.07 Å². The Bertz CT molecular complexity index is 496. The number of carbonyl (C=O) groups excluding carboxylic acids is 2. The van der Waals surface area contributed by atoms with Gasteiger partial charge >= 0.3 is 24.8 Å². The molecule has 4 nitrogen and oxygen atoms in total. The molecule has 0 unspecified atom stereocenters. The number of rotatable bonds is 4. The molecular weight excluding hydrogens is 314 g/mol. The van der Waals surface area contributed by atoms with Crippen LogP contribution in [0.25, 0.3) is 5.76 Å². The minimum atomic E-state index is -1.11. The molecule has 0 amide bonds. The Hall–Kier alpha value is -1.09. The second-order valence-electron chi connectivity index (χ2n) is 3.25. The van der Waals surface area contributed by atoms with E-state index in [0.29, 0.717) is 10.5 Å². The zero-order valence-electron chi connectivity index (χ0n) is 10.4. The van der Waals surface area contributed by atoms with Crippen LogP contribution in [-0.2, 0) is 14.3 Å². The van der Waals surface area contributed by atoms with Crippen LogP contribution in [0.15, 0.2) is 28.7 Å². The summed E-state index contributed by atoms with van der Waals surface area (Å²) >= 11 is 3.02. The largest absolute Gasteiger partial charge is 1.00 e.